The molecular formula is C12H17N3O3. The van der Waals surface area contributed by atoms with Gasteiger partial charge in [0, 0.05) is 5.41 Å². The van der Waals surface area contributed by atoms with Gasteiger partial charge in [0.1, 0.15) is 0 Å². The number of ether oxygens (including phenoxy) is 1. The molecule has 4 N–H and O–H groups in total. The van der Waals surface area contributed by atoms with E-state index < -0.39 is 5.97 Å². The quantitative estimate of drug-likeness (QED) is 0.746. The molecule has 18 heavy (non-hydrogen) atoms. The molecule has 1 atom stereocenters. The van der Waals surface area contributed by atoms with Gasteiger partial charge in [-0.1, -0.05) is 13.8 Å². The average molecular weight is 251 g/mol. The summed E-state index contributed by atoms with van der Waals surface area (Å²) in [6.07, 6.45) is 0. The Morgan fingerprint density at radius 1 is 1.61 bits per heavy atom. The molecule has 1 aromatic heterocycles. The van der Waals surface area contributed by atoms with Gasteiger partial charge in [0.25, 0.3) is 0 Å². The van der Waals surface area contributed by atoms with Gasteiger partial charge in [-0.05, 0) is 12.1 Å². The first-order valence-electron chi connectivity index (χ1n) is 5.74. The van der Waals surface area contributed by atoms with E-state index in [-0.39, 0.29) is 17.2 Å². The van der Waals surface area contributed by atoms with E-state index in [0.717, 1.165) is 0 Å². The van der Waals surface area contributed by atoms with Crippen molar-refractivity contribution < 1.29 is 14.6 Å². The first-order valence-corrected chi connectivity index (χ1v) is 5.74. The second kappa shape index (κ2) is 4.45. The van der Waals surface area contributed by atoms with E-state index >= 15 is 0 Å². The van der Waals surface area contributed by atoms with E-state index in [2.05, 4.69) is 24.1 Å². The number of nitrogen functional groups attached to an aromatic ring is 1. The van der Waals surface area contributed by atoms with Gasteiger partial charge >= 0.3 is 5.97 Å². The van der Waals surface area contributed by atoms with E-state index in [1.807, 2.05) is 0 Å². The SMILES string of the molecule is CC1(C)COC[C@H]1Nc1nc(C(=O)O)ccc1N. The van der Waals surface area contributed by atoms with Crippen LogP contribution in [0, 0.1) is 5.41 Å². The highest BCUT2D eigenvalue weighted by molar-refractivity contribution is 5.86. The van der Waals surface area contributed by atoms with Gasteiger partial charge < -0.3 is 20.9 Å². The van der Waals surface area contributed by atoms with Crippen molar-refractivity contribution in [3.8, 4) is 0 Å². The predicted octanol–water partition coefficient (Wildman–Crippen LogP) is 1.20. The lowest BCUT2D eigenvalue weighted by molar-refractivity contribution is 0.0690. The van der Waals surface area contributed by atoms with Crippen LogP contribution in [0.15, 0.2) is 12.1 Å². The van der Waals surface area contributed by atoms with E-state index in [4.69, 9.17) is 15.6 Å². The standard InChI is InChI=1S/C12H17N3O3/c1-12(2)6-18-5-9(12)15-10-7(13)3-4-8(14-10)11(16)17/h3-4,9H,5-6,13H2,1-2H3,(H,14,15)(H,16,17)/t9-/m1/s1. The summed E-state index contributed by atoms with van der Waals surface area (Å²) >= 11 is 0. The Bertz CT molecular complexity index is 474. The lowest BCUT2D eigenvalue weighted by Crippen LogP contribution is -2.35. The van der Waals surface area contributed by atoms with Crippen molar-refractivity contribution in [2.75, 3.05) is 24.3 Å². The van der Waals surface area contributed by atoms with Crippen LogP contribution >= 0.6 is 0 Å². The molecule has 0 unspecified atom stereocenters. The number of aromatic carboxylic acids is 1. The van der Waals surface area contributed by atoms with Crippen molar-refractivity contribution in [3.05, 3.63) is 17.8 Å². The summed E-state index contributed by atoms with van der Waals surface area (Å²) in [5, 5.41) is 12.1. The first kappa shape index (κ1) is 12.6. The van der Waals surface area contributed by atoms with Gasteiger partial charge in [-0.25, -0.2) is 9.78 Å². The normalized spacial score (nSPS) is 21.8. The fourth-order valence-electron chi connectivity index (χ4n) is 1.87. The van der Waals surface area contributed by atoms with Crippen molar-refractivity contribution in [2.24, 2.45) is 5.41 Å². The number of nitrogens with one attached hydrogen (secondary N) is 1. The molecule has 0 aliphatic carbocycles. The third-order valence-electron chi connectivity index (χ3n) is 3.16. The molecule has 2 heterocycles. The monoisotopic (exact) mass is 251 g/mol. The maximum atomic E-state index is 10.9. The summed E-state index contributed by atoms with van der Waals surface area (Å²) in [6.45, 7) is 5.37. The minimum Gasteiger partial charge on any atom is -0.477 e. The molecule has 1 aromatic rings. The summed E-state index contributed by atoms with van der Waals surface area (Å²) in [7, 11) is 0. The van der Waals surface area contributed by atoms with E-state index in [1.165, 1.54) is 6.07 Å². The molecule has 98 valence electrons. The van der Waals surface area contributed by atoms with Crippen LogP contribution in [0.25, 0.3) is 0 Å². The van der Waals surface area contributed by atoms with Crippen LogP contribution in [0.1, 0.15) is 24.3 Å². The van der Waals surface area contributed by atoms with Gasteiger partial charge in [-0.15, -0.1) is 0 Å². The Balaban J connectivity index is 2.23. The van der Waals surface area contributed by atoms with Crippen molar-refractivity contribution in [1.29, 1.82) is 0 Å². The summed E-state index contributed by atoms with van der Waals surface area (Å²) in [5.74, 6) is -0.668. The molecule has 0 radical (unpaired) electrons. The van der Waals surface area contributed by atoms with E-state index in [1.54, 1.807) is 6.07 Å². The molecule has 0 amide bonds. The lowest BCUT2D eigenvalue weighted by Gasteiger charge is -2.26. The fraction of sp³-hybridized carbons (Fsp3) is 0.500. The minimum absolute atomic E-state index is 0.0246. The van der Waals surface area contributed by atoms with Crippen LogP contribution in [-0.4, -0.2) is 35.3 Å². The van der Waals surface area contributed by atoms with Gasteiger partial charge in [-0.2, -0.15) is 0 Å². The number of aromatic nitrogens is 1. The summed E-state index contributed by atoms with van der Waals surface area (Å²) < 4.78 is 5.41. The second-order valence-electron chi connectivity index (χ2n) is 5.14. The number of rotatable bonds is 3. The van der Waals surface area contributed by atoms with Crippen LogP contribution in [0.3, 0.4) is 0 Å². The number of nitrogens with zero attached hydrogens (tertiary/aromatic N) is 1. The van der Waals surface area contributed by atoms with Crippen LogP contribution in [0.4, 0.5) is 11.5 Å². The van der Waals surface area contributed by atoms with Crippen LogP contribution < -0.4 is 11.1 Å². The van der Waals surface area contributed by atoms with Crippen LogP contribution in [0.2, 0.25) is 0 Å². The molecule has 0 bridgehead atoms. The zero-order valence-electron chi connectivity index (χ0n) is 10.4. The third kappa shape index (κ3) is 2.38. The summed E-state index contributed by atoms with van der Waals surface area (Å²) in [4.78, 5) is 14.9. The van der Waals surface area contributed by atoms with Gasteiger partial charge in [-0.3, -0.25) is 0 Å². The minimum atomic E-state index is -1.07. The Morgan fingerprint density at radius 2 is 2.33 bits per heavy atom. The second-order valence-corrected chi connectivity index (χ2v) is 5.14. The van der Waals surface area contributed by atoms with Gasteiger partial charge in [0.2, 0.25) is 0 Å². The van der Waals surface area contributed by atoms with Gasteiger partial charge in [0.15, 0.2) is 11.5 Å². The topological polar surface area (TPSA) is 97.5 Å². The molecule has 0 aromatic carbocycles. The molecular weight excluding hydrogens is 234 g/mol. The molecule has 0 saturated carbocycles. The van der Waals surface area contributed by atoms with Crippen LogP contribution in [-0.2, 0) is 4.74 Å². The number of hydrogen-bond acceptors (Lipinski definition) is 5. The molecule has 1 aliphatic rings. The Labute approximate surface area is 105 Å². The number of hydrogen-bond donors (Lipinski definition) is 3. The molecule has 2 rings (SSSR count). The molecule has 1 aliphatic heterocycles. The number of pyridine rings is 1. The maximum absolute atomic E-state index is 10.9. The zero-order chi connectivity index (χ0) is 13.3. The summed E-state index contributed by atoms with van der Waals surface area (Å²) in [6, 6.07) is 3.00. The maximum Gasteiger partial charge on any atom is 0.354 e. The molecule has 0 spiro atoms. The molecule has 1 saturated heterocycles. The lowest BCUT2D eigenvalue weighted by atomic mass is 9.88. The number of carbonyl (C=O) groups is 1. The Hall–Kier alpha value is -1.82. The molecule has 6 heteroatoms. The molecule has 1 fully saturated rings. The van der Waals surface area contributed by atoms with E-state index in [9.17, 15) is 4.79 Å². The predicted molar refractivity (Wildman–Crippen MR) is 67.6 cm³/mol. The largest absolute Gasteiger partial charge is 0.477 e. The average Bonchev–Trinajstić information content (AvgIpc) is 2.61. The van der Waals surface area contributed by atoms with E-state index in [0.29, 0.717) is 24.7 Å². The highest BCUT2D eigenvalue weighted by Gasteiger charge is 2.36. The van der Waals surface area contributed by atoms with Crippen molar-refractivity contribution in [2.45, 2.75) is 19.9 Å². The highest BCUT2D eigenvalue weighted by atomic mass is 16.5. The zero-order valence-corrected chi connectivity index (χ0v) is 10.4. The smallest absolute Gasteiger partial charge is 0.354 e. The number of carboxylic acid groups (broad SMARTS) is 1. The highest BCUT2D eigenvalue weighted by Crippen LogP contribution is 2.30. The van der Waals surface area contributed by atoms with Crippen molar-refractivity contribution >= 4 is 17.5 Å². The Morgan fingerprint density at radius 3 is 2.89 bits per heavy atom. The first-order chi connectivity index (χ1) is 8.40. The number of anilines is 2. The Kier molecular flexibility index (Phi) is 3.13. The number of carboxylic acids is 1. The van der Waals surface area contributed by atoms with Crippen molar-refractivity contribution in [1.82, 2.24) is 4.98 Å². The fourth-order valence-corrected chi connectivity index (χ4v) is 1.87. The number of nitrogens with two attached hydrogens (primary N) is 1. The third-order valence-corrected chi connectivity index (χ3v) is 3.16. The molecule has 6 nitrogen and oxygen atoms in total. The van der Waals surface area contributed by atoms with Gasteiger partial charge in [0.05, 0.1) is 24.9 Å². The van der Waals surface area contributed by atoms with Crippen molar-refractivity contribution in [3.63, 3.8) is 0 Å². The van der Waals surface area contributed by atoms with Crippen LogP contribution in [0.5, 0.6) is 0 Å². The summed E-state index contributed by atoms with van der Waals surface area (Å²) in [5.41, 5.74) is 6.17.